The maximum Gasteiger partial charge on any atom is 0.0253 e. The number of hydrogen-bond acceptors (Lipinski definition) is 1. The van der Waals surface area contributed by atoms with Crippen LogP contribution in [-0.4, -0.2) is 41.9 Å². The lowest BCUT2D eigenvalue weighted by Crippen LogP contribution is -2.44. The summed E-state index contributed by atoms with van der Waals surface area (Å²) in [6.07, 6.45) is 1.47. The van der Waals surface area contributed by atoms with E-state index in [1.54, 1.807) is 0 Å². The molecule has 0 aromatic heterocycles. The van der Waals surface area contributed by atoms with Crippen LogP contribution in [0.5, 0.6) is 0 Å². The molecule has 1 nitrogen and oxygen atoms in total. The smallest absolute Gasteiger partial charge is 0.0253 e. The van der Waals surface area contributed by atoms with Crippen molar-refractivity contribution < 1.29 is 0 Å². The minimum absolute atomic E-state index is 0.307. The van der Waals surface area contributed by atoms with E-state index in [0.29, 0.717) is 14.6 Å². The molecule has 2 atom stereocenters. The summed E-state index contributed by atoms with van der Waals surface area (Å²) in [6, 6.07) is 0. The topological polar surface area (TPSA) is 3.24 Å². The van der Waals surface area contributed by atoms with Crippen molar-refractivity contribution in [1.29, 1.82) is 0 Å². The Morgan fingerprint density at radius 2 is 2.09 bits per heavy atom. The van der Waals surface area contributed by atoms with Gasteiger partial charge in [0, 0.05) is 14.6 Å². The van der Waals surface area contributed by atoms with Crippen molar-refractivity contribution >= 4 is 18.8 Å². The number of likely N-dealkylation sites (tertiary alicyclic amines) is 1. The molecule has 0 amide bonds. The molecule has 1 heterocycles. The molecule has 0 aliphatic carbocycles. The first kappa shape index (κ1) is 9.48. The number of rotatable bonds is 1. The maximum absolute atomic E-state index is 2.64. The second-order valence-electron chi connectivity index (χ2n) is 4.46. The Hall–Kier alpha value is 0.394. The van der Waals surface area contributed by atoms with Crippen LogP contribution in [0.25, 0.3) is 0 Å². The van der Waals surface area contributed by atoms with Gasteiger partial charge >= 0.3 is 0 Å². The van der Waals surface area contributed by atoms with Crippen molar-refractivity contribution in [2.75, 3.05) is 7.05 Å². The van der Waals surface area contributed by atoms with Crippen LogP contribution in [0.2, 0.25) is 0 Å². The quantitative estimate of drug-likeness (QED) is 0.501. The lowest BCUT2D eigenvalue weighted by atomic mass is 9.91. The Bertz CT molecular complexity index is 147. The van der Waals surface area contributed by atoms with Crippen molar-refractivity contribution in [1.82, 2.24) is 4.90 Å². The molecule has 2 unspecified atom stereocenters. The predicted molar refractivity (Wildman–Crippen MR) is 57.9 cm³/mol. The van der Waals surface area contributed by atoms with Gasteiger partial charge in [-0.2, -0.15) is 0 Å². The van der Waals surface area contributed by atoms with Crippen molar-refractivity contribution in [2.24, 2.45) is 5.92 Å². The second kappa shape index (κ2) is 3.03. The lowest BCUT2D eigenvalue weighted by Gasteiger charge is -2.34. The molecule has 1 fully saturated rings. The minimum Gasteiger partial charge on any atom is -0.302 e. The van der Waals surface area contributed by atoms with Crippen molar-refractivity contribution in [3.8, 4) is 0 Å². The second-order valence-corrected chi connectivity index (χ2v) is 8.67. The molecule has 0 bridgehead atoms. The third-order valence-electron chi connectivity index (χ3n) is 3.76. The van der Waals surface area contributed by atoms with Crippen LogP contribution in [0, 0.1) is 5.92 Å². The highest BCUT2D eigenvalue weighted by Gasteiger charge is 2.41. The highest BCUT2D eigenvalue weighted by atomic mass is 29.1. The molecule has 0 aromatic carbocycles. The van der Waals surface area contributed by atoms with E-state index in [2.05, 4.69) is 32.7 Å². The van der Waals surface area contributed by atoms with Crippen LogP contribution in [0.1, 0.15) is 27.2 Å². The SMILES string of the molecule is CC1CC([SiH2][SiH3])N(C)C1(C)C. The van der Waals surface area contributed by atoms with Gasteiger partial charge in [0.25, 0.3) is 0 Å². The molecular weight excluding hydrogens is 166 g/mol. The average molecular weight is 187 g/mol. The molecule has 1 saturated heterocycles. The summed E-state index contributed by atoms with van der Waals surface area (Å²) in [5.41, 5.74) is 1.49. The molecule has 0 aromatic rings. The van der Waals surface area contributed by atoms with E-state index < -0.39 is 0 Å². The molecule has 1 aliphatic heterocycles. The molecule has 66 valence electrons. The zero-order chi connectivity index (χ0) is 8.65. The first-order valence-corrected chi connectivity index (χ1v) is 11.2. The summed E-state index contributed by atoms with van der Waals surface area (Å²) in [5, 5.41) is 0. The molecule has 0 N–H and O–H groups in total. The third-order valence-corrected chi connectivity index (χ3v) is 8.41. The first-order valence-electron chi connectivity index (χ1n) is 4.73. The van der Waals surface area contributed by atoms with Gasteiger partial charge in [0.1, 0.15) is 0 Å². The van der Waals surface area contributed by atoms with Crippen LogP contribution in [-0.2, 0) is 0 Å². The van der Waals surface area contributed by atoms with Gasteiger partial charge in [-0.3, -0.25) is 0 Å². The van der Waals surface area contributed by atoms with E-state index in [1.807, 2.05) is 0 Å². The monoisotopic (exact) mass is 187 g/mol. The molecule has 0 spiro atoms. The maximum atomic E-state index is 2.64. The van der Waals surface area contributed by atoms with E-state index in [-0.39, 0.29) is 0 Å². The number of hydrogen-bond donors (Lipinski definition) is 0. The fourth-order valence-corrected chi connectivity index (χ4v) is 6.61. The molecular formula is C8H21NSi2. The summed E-state index contributed by atoms with van der Waals surface area (Å²) >= 11 is 0. The number of nitrogens with zero attached hydrogens (tertiary/aromatic N) is 1. The van der Waals surface area contributed by atoms with Crippen LogP contribution in [0.15, 0.2) is 0 Å². The summed E-state index contributed by atoms with van der Waals surface area (Å²) in [4.78, 5) is 2.64. The summed E-state index contributed by atoms with van der Waals surface area (Å²) in [7, 11) is 4.11. The van der Waals surface area contributed by atoms with Gasteiger partial charge in [-0.1, -0.05) is 6.92 Å². The van der Waals surface area contributed by atoms with Gasteiger partial charge in [-0.15, -0.1) is 0 Å². The van der Waals surface area contributed by atoms with Gasteiger partial charge in [-0.25, -0.2) is 0 Å². The molecule has 1 rings (SSSR count). The molecule has 11 heavy (non-hydrogen) atoms. The van der Waals surface area contributed by atoms with Crippen LogP contribution in [0.3, 0.4) is 0 Å². The van der Waals surface area contributed by atoms with Gasteiger partial charge in [0.2, 0.25) is 0 Å². The van der Waals surface area contributed by atoms with Crippen molar-refractivity contribution in [3.63, 3.8) is 0 Å². The van der Waals surface area contributed by atoms with E-state index in [0.717, 1.165) is 11.6 Å². The average Bonchev–Trinajstić information content (AvgIpc) is 2.14. The molecule has 1 aliphatic rings. The Kier molecular flexibility index (Phi) is 2.61. The minimum atomic E-state index is 0.307. The van der Waals surface area contributed by atoms with E-state index >= 15 is 0 Å². The molecule has 0 radical (unpaired) electrons. The zero-order valence-electron chi connectivity index (χ0n) is 8.52. The van der Waals surface area contributed by atoms with E-state index in [9.17, 15) is 0 Å². The van der Waals surface area contributed by atoms with Gasteiger partial charge < -0.3 is 4.90 Å². The summed E-state index contributed by atoms with van der Waals surface area (Å²) in [6.45, 7) is 7.19. The highest BCUT2D eigenvalue weighted by molar-refractivity contribution is 6.90. The lowest BCUT2D eigenvalue weighted by molar-refractivity contribution is 0.170. The molecule has 0 saturated carbocycles. The fourth-order valence-electron chi connectivity index (χ4n) is 2.11. The Morgan fingerprint density at radius 1 is 1.55 bits per heavy atom. The summed E-state index contributed by atoms with van der Waals surface area (Å²) < 4.78 is 0. The third kappa shape index (κ3) is 1.46. The van der Waals surface area contributed by atoms with E-state index in [1.165, 1.54) is 16.2 Å². The van der Waals surface area contributed by atoms with Crippen LogP contribution < -0.4 is 0 Å². The van der Waals surface area contributed by atoms with Gasteiger partial charge in [-0.05, 0) is 48.7 Å². The van der Waals surface area contributed by atoms with Gasteiger partial charge in [0.15, 0.2) is 0 Å². The normalized spacial score (nSPS) is 39.3. The summed E-state index contributed by atoms with van der Waals surface area (Å²) in [5.74, 6) is 0.902. The zero-order valence-corrected chi connectivity index (χ0v) is 11.9. The van der Waals surface area contributed by atoms with Crippen LogP contribution in [0.4, 0.5) is 0 Å². The van der Waals surface area contributed by atoms with Crippen LogP contribution >= 0.6 is 0 Å². The Balaban J connectivity index is 2.71. The van der Waals surface area contributed by atoms with Crippen molar-refractivity contribution in [3.05, 3.63) is 0 Å². The van der Waals surface area contributed by atoms with Crippen molar-refractivity contribution in [2.45, 2.75) is 38.4 Å². The Labute approximate surface area is 75.6 Å². The largest absolute Gasteiger partial charge is 0.302 e. The predicted octanol–water partition coefficient (Wildman–Crippen LogP) is -0.488. The standard InChI is InChI=1S/C8H21NSi2/c1-6-5-7(11-10)9(4)8(6,2)3/h6-7H,5,11H2,1-4,10H3. The first-order chi connectivity index (χ1) is 5.00. The highest BCUT2D eigenvalue weighted by Crippen LogP contribution is 2.36. The Morgan fingerprint density at radius 3 is 2.27 bits per heavy atom. The van der Waals surface area contributed by atoms with E-state index in [4.69, 9.17) is 0 Å². The fraction of sp³-hybridized carbons (Fsp3) is 1.00. The van der Waals surface area contributed by atoms with Gasteiger partial charge in [0.05, 0.1) is 0 Å². The molecule has 3 heteroatoms.